The van der Waals surface area contributed by atoms with Crippen molar-refractivity contribution >= 4 is 17.5 Å². The quantitative estimate of drug-likeness (QED) is 0.647. The summed E-state index contributed by atoms with van der Waals surface area (Å²) in [7, 11) is 1.03. The largest absolute Gasteiger partial charge is 0.493 e. The molecular weight excluding hydrogens is 453 g/mol. The molecule has 4 atom stereocenters. The number of ether oxygens (including phenoxy) is 2. The van der Waals surface area contributed by atoms with Gasteiger partial charge in [-0.2, -0.15) is 17.6 Å². The summed E-state index contributed by atoms with van der Waals surface area (Å²) in [4.78, 5) is 27.9. The first kappa shape index (κ1) is 24.4. The van der Waals surface area contributed by atoms with Crippen LogP contribution in [0, 0.1) is 17.6 Å². The van der Waals surface area contributed by atoms with Crippen molar-refractivity contribution in [2.24, 2.45) is 11.7 Å². The first-order chi connectivity index (χ1) is 15.3. The van der Waals surface area contributed by atoms with Crippen molar-refractivity contribution in [1.82, 2.24) is 4.98 Å². The molecule has 7 nitrogen and oxygen atoms in total. The van der Waals surface area contributed by atoms with Gasteiger partial charge >= 0.3 is 6.18 Å². The normalized spacial score (nSPS) is 25.0. The highest BCUT2D eigenvalue weighted by Gasteiger charge is 2.65. The Bertz CT molecular complexity index is 1080. The van der Waals surface area contributed by atoms with Gasteiger partial charge in [-0.25, -0.2) is 9.37 Å². The molecule has 3 N–H and O–H groups in total. The molecule has 1 aliphatic rings. The van der Waals surface area contributed by atoms with Crippen molar-refractivity contribution in [2.75, 3.05) is 12.4 Å². The minimum Gasteiger partial charge on any atom is -0.493 e. The third-order valence-corrected chi connectivity index (χ3v) is 5.85. The van der Waals surface area contributed by atoms with Gasteiger partial charge in [0, 0.05) is 17.4 Å². The number of nitrogens with one attached hydrogen (secondary N) is 1. The average Bonchev–Trinajstić information content (AvgIpc) is 3.02. The van der Waals surface area contributed by atoms with Gasteiger partial charge in [0.15, 0.2) is 17.2 Å². The van der Waals surface area contributed by atoms with E-state index in [0.717, 1.165) is 32.4 Å². The highest BCUT2D eigenvalue weighted by Crippen LogP contribution is 2.54. The monoisotopic (exact) mass is 473 g/mol. The zero-order chi connectivity index (χ0) is 24.7. The first-order valence-electron chi connectivity index (χ1n) is 9.65. The zero-order valence-electron chi connectivity index (χ0n) is 17.7. The van der Waals surface area contributed by atoms with Crippen LogP contribution in [0.5, 0.6) is 5.75 Å². The smallest absolute Gasteiger partial charge is 0.417 e. The van der Waals surface area contributed by atoms with Crippen molar-refractivity contribution in [2.45, 2.75) is 37.6 Å². The molecule has 2 aromatic rings. The van der Waals surface area contributed by atoms with Crippen molar-refractivity contribution in [3.63, 3.8) is 0 Å². The number of aromatic nitrogens is 1. The Balaban J connectivity index is 2.04. The van der Waals surface area contributed by atoms with E-state index in [1.165, 1.54) is 19.1 Å². The van der Waals surface area contributed by atoms with Gasteiger partial charge in [-0.05, 0) is 25.1 Å². The minimum atomic E-state index is -4.88. The zero-order valence-corrected chi connectivity index (χ0v) is 17.7. The van der Waals surface area contributed by atoms with E-state index in [2.05, 4.69) is 10.3 Å². The third kappa shape index (κ3) is 4.22. The van der Waals surface area contributed by atoms with Gasteiger partial charge in [-0.3, -0.25) is 9.59 Å². The van der Waals surface area contributed by atoms with Crippen LogP contribution in [0.4, 0.5) is 27.6 Å². The van der Waals surface area contributed by atoms with Crippen LogP contribution in [-0.4, -0.2) is 41.8 Å². The number of alkyl halides is 3. The topological polar surface area (TPSA) is 104 Å². The van der Waals surface area contributed by atoms with E-state index in [9.17, 15) is 31.5 Å². The van der Waals surface area contributed by atoms with Gasteiger partial charge in [0.05, 0.1) is 19.0 Å². The van der Waals surface area contributed by atoms with Crippen molar-refractivity contribution in [1.29, 1.82) is 0 Å². The lowest BCUT2D eigenvalue weighted by molar-refractivity contribution is -0.272. The third-order valence-electron chi connectivity index (χ3n) is 5.85. The summed E-state index contributed by atoms with van der Waals surface area (Å²) >= 11 is 0. The predicted octanol–water partition coefficient (Wildman–Crippen LogP) is 3.55. The summed E-state index contributed by atoms with van der Waals surface area (Å²) in [5.74, 6) is -7.81. The number of amides is 2. The number of pyridine rings is 1. The molecule has 1 aromatic heterocycles. The first-order valence-corrected chi connectivity index (χ1v) is 9.65. The average molecular weight is 473 g/mol. The Hall–Kier alpha value is -3.28. The summed E-state index contributed by atoms with van der Waals surface area (Å²) in [5.41, 5.74) is 2.13. The van der Waals surface area contributed by atoms with Crippen LogP contribution in [-0.2, 0) is 9.53 Å². The number of rotatable bonds is 5. The minimum absolute atomic E-state index is 0.0536. The second-order valence-corrected chi connectivity index (χ2v) is 7.73. The Morgan fingerprint density at radius 1 is 1.21 bits per heavy atom. The van der Waals surface area contributed by atoms with Gasteiger partial charge in [-0.1, -0.05) is 13.0 Å². The Kier molecular flexibility index (Phi) is 6.33. The summed E-state index contributed by atoms with van der Waals surface area (Å²) in [6, 6.07) is 4.29. The number of anilines is 1. The number of hydrogen-bond donors (Lipinski definition) is 2. The number of primary amides is 1. The van der Waals surface area contributed by atoms with E-state index in [4.69, 9.17) is 15.2 Å². The van der Waals surface area contributed by atoms with E-state index in [1.807, 2.05) is 0 Å². The maximum absolute atomic E-state index is 14.3. The SMILES string of the molecule is COc1c([C@H]2[C@H](C(=O)Nc3ccc(C(N)=O)nc3)O[C@@](C)(C(F)(F)F)[C@H]2C)ccc(F)c1F. The Labute approximate surface area is 185 Å². The fourth-order valence-corrected chi connectivity index (χ4v) is 3.87. The molecule has 178 valence electrons. The van der Waals surface area contributed by atoms with Crippen LogP contribution >= 0.6 is 0 Å². The molecule has 0 bridgehead atoms. The highest BCUT2D eigenvalue weighted by molar-refractivity contribution is 5.96. The number of carbonyl (C=O) groups excluding carboxylic acids is 2. The number of nitrogens with two attached hydrogens (primary N) is 1. The molecule has 12 heteroatoms. The van der Waals surface area contributed by atoms with Crippen molar-refractivity contribution in [3.8, 4) is 5.75 Å². The summed E-state index contributed by atoms with van der Waals surface area (Å²) in [6.45, 7) is 1.99. The van der Waals surface area contributed by atoms with E-state index < -0.39 is 58.9 Å². The van der Waals surface area contributed by atoms with Gasteiger partial charge in [0.1, 0.15) is 11.8 Å². The molecular formula is C21H20F5N3O4. The van der Waals surface area contributed by atoms with Crippen LogP contribution in [0.15, 0.2) is 30.5 Å². The lowest BCUT2D eigenvalue weighted by Crippen LogP contribution is -2.47. The van der Waals surface area contributed by atoms with E-state index in [0.29, 0.717) is 0 Å². The number of carbonyl (C=O) groups is 2. The Morgan fingerprint density at radius 3 is 2.39 bits per heavy atom. The van der Waals surface area contributed by atoms with Gasteiger partial charge in [0.2, 0.25) is 5.82 Å². The summed E-state index contributed by atoms with van der Waals surface area (Å²) in [6.07, 6.45) is -5.54. The number of nitrogens with zero attached hydrogens (tertiary/aromatic N) is 1. The number of halogens is 5. The predicted molar refractivity (Wildman–Crippen MR) is 106 cm³/mol. The molecule has 0 saturated carbocycles. The second-order valence-electron chi connectivity index (χ2n) is 7.73. The fourth-order valence-electron chi connectivity index (χ4n) is 3.87. The number of hydrogen-bond acceptors (Lipinski definition) is 5. The molecule has 0 aliphatic carbocycles. The molecule has 1 fully saturated rings. The molecule has 0 radical (unpaired) electrons. The van der Waals surface area contributed by atoms with Crippen LogP contribution in [0.1, 0.15) is 35.8 Å². The standard InChI is InChI=1S/C21H20F5N3O4/c1-9-14(11-5-6-12(22)15(23)16(11)32-3)17(33-20(9,2)21(24,25)26)19(31)29-10-4-7-13(18(27)30)28-8-10/h4-9,14,17H,1-3H3,(H2,27,30)(H,29,31)/t9-,14-,17+,20+/m0/s1. The highest BCUT2D eigenvalue weighted by atomic mass is 19.4. The van der Waals surface area contributed by atoms with E-state index in [-0.39, 0.29) is 16.9 Å². The molecule has 1 saturated heterocycles. The molecule has 33 heavy (non-hydrogen) atoms. The van der Waals surface area contributed by atoms with Crippen molar-refractivity contribution < 1.29 is 41.0 Å². The maximum Gasteiger partial charge on any atom is 0.417 e. The second kappa shape index (κ2) is 8.58. The number of benzene rings is 1. The van der Waals surface area contributed by atoms with E-state index in [1.54, 1.807) is 0 Å². The lowest BCUT2D eigenvalue weighted by Gasteiger charge is -2.32. The molecule has 0 unspecified atom stereocenters. The number of methoxy groups -OCH3 is 1. The summed E-state index contributed by atoms with van der Waals surface area (Å²) in [5, 5.41) is 2.37. The fraction of sp³-hybridized carbons (Fsp3) is 0.381. The van der Waals surface area contributed by atoms with Crippen LogP contribution < -0.4 is 15.8 Å². The molecule has 0 spiro atoms. The Morgan fingerprint density at radius 2 is 1.88 bits per heavy atom. The molecule has 3 rings (SSSR count). The lowest BCUT2D eigenvalue weighted by atomic mass is 9.77. The van der Waals surface area contributed by atoms with Gasteiger partial charge in [-0.15, -0.1) is 0 Å². The molecule has 1 aromatic carbocycles. The van der Waals surface area contributed by atoms with Gasteiger partial charge < -0.3 is 20.5 Å². The van der Waals surface area contributed by atoms with Crippen LogP contribution in [0.25, 0.3) is 0 Å². The molecule has 1 aliphatic heterocycles. The summed E-state index contributed by atoms with van der Waals surface area (Å²) < 4.78 is 80.0. The van der Waals surface area contributed by atoms with Crippen molar-refractivity contribution in [3.05, 3.63) is 53.4 Å². The molecule has 2 amide bonds. The van der Waals surface area contributed by atoms with E-state index >= 15 is 0 Å². The van der Waals surface area contributed by atoms with Gasteiger partial charge in [0.25, 0.3) is 11.8 Å². The molecule has 2 heterocycles. The maximum atomic E-state index is 14.3. The van der Waals surface area contributed by atoms with Crippen LogP contribution in [0.2, 0.25) is 0 Å². The van der Waals surface area contributed by atoms with Crippen LogP contribution in [0.3, 0.4) is 0 Å².